The van der Waals surface area contributed by atoms with Crippen LogP contribution in [-0.2, 0) is 14.6 Å². The topological polar surface area (TPSA) is 63.2 Å². The van der Waals surface area contributed by atoms with E-state index in [9.17, 15) is 13.2 Å². The molecule has 5 heteroatoms. The van der Waals surface area contributed by atoms with Crippen molar-refractivity contribution in [3.05, 3.63) is 0 Å². The zero-order valence-corrected chi connectivity index (χ0v) is 11.8. The number of hydrogen-bond donors (Lipinski definition) is 1. The van der Waals surface area contributed by atoms with Crippen molar-refractivity contribution in [3.8, 4) is 0 Å². The van der Waals surface area contributed by atoms with Crippen LogP contribution in [0.2, 0.25) is 0 Å². The first-order valence-corrected chi connectivity index (χ1v) is 7.82. The fraction of sp³-hybridized carbons (Fsp3) is 0.917. The smallest absolute Gasteiger partial charge is 0.155 e. The molecule has 0 aromatic heterocycles. The largest absolute Gasteiger partial charge is 0.310 e. The van der Waals surface area contributed by atoms with E-state index >= 15 is 0 Å². The monoisotopic (exact) mass is 261 g/mol. The third-order valence-corrected chi connectivity index (χ3v) is 5.64. The molecular weight excluding hydrogens is 238 g/mol. The molecule has 1 fully saturated rings. The molecule has 17 heavy (non-hydrogen) atoms. The summed E-state index contributed by atoms with van der Waals surface area (Å²) < 4.78 is 22.8. The number of Topliss-reactive ketones (excluding diaryl/α,β-unsaturated/α-hetero) is 1. The molecule has 0 amide bonds. The number of ketones is 1. The summed E-state index contributed by atoms with van der Waals surface area (Å²) in [4.78, 5) is 11.5. The highest BCUT2D eigenvalue weighted by Crippen LogP contribution is 2.27. The minimum Gasteiger partial charge on any atom is -0.310 e. The van der Waals surface area contributed by atoms with E-state index in [2.05, 4.69) is 5.32 Å². The zero-order chi connectivity index (χ0) is 13.1. The van der Waals surface area contributed by atoms with Gasteiger partial charge < -0.3 is 5.32 Å². The molecule has 0 saturated heterocycles. The molecule has 0 bridgehead atoms. The lowest BCUT2D eigenvalue weighted by Crippen LogP contribution is -2.33. The Labute approximate surface area is 104 Å². The second-order valence-corrected chi connectivity index (χ2v) is 8.66. The van der Waals surface area contributed by atoms with Crippen molar-refractivity contribution in [2.45, 2.75) is 44.8 Å². The summed E-state index contributed by atoms with van der Waals surface area (Å²) in [6, 6.07) is 0. The van der Waals surface area contributed by atoms with Gasteiger partial charge in [-0.15, -0.1) is 0 Å². The average Bonchev–Trinajstić information content (AvgIpc) is 2.97. The molecule has 4 nitrogen and oxygen atoms in total. The first-order valence-electron chi connectivity index (χ1n) is 6.17. The first-order chi connectivity index (χ1) is 7.72. The van der Waals surface area contributed by atoms with Gasteiger partial charge in [0.25, 0.3) is 0 Å². The third-order valence-electron chi connectivity index (χ3n) is 3.03. The molecule has 1 N–H and O–H groups in total. The second kappa shape index (κ2) is 5.48. The van der Waals surface area contributed by atoms with Crippen molar-refractivity contribution < 1.29 is 13.2 Å². The Kier molecular flexibility index (Phi) is 4.72. The number of nitrogens with one attached hydrogen (secondary N) is 1. The van der Waals surface area contributed by atoms with Crippen LogP contribution < -0.4 is 5.32 Å². The van der Waals surface area contributed by atoms with Crippen LogP contribution in [0.4, 0.5) is 0 Å². The molecule has 0 unspecified atom stereocenters. The van der Waals surface area contributed by atoms with Gasteiger partial charge >= 0.3 is 0 Å². The van der Waals surface area contributed by atoms with Crippen LogP contribution in [-0.4, -0.2) is 37.8 Å². The molecule has 100 valence electrons. The summed E-state index contributed by atoms with van der Waals surface area (Å²) in [5, 5.41) is 3.08. The van der Waals surface area contributed by atoms with E-state index in [0.717, 1.165) is 12.5 Å². The van der Waals surface area contributed by atoms with Crippen LogP contribution in [0.25, 0.3) is 0 Å². The molecule has 0 atom stereocenters. The number of hydrogen-bond acceptors (Lipinski definition) is 4. The summed E-state index contributed by atoms with van der Waals surface area (Å²) >= 11 is 0. The predicted molar refractivity (Wildman–Crippen MR) is 68.8 cm³/mol. The van der Waals surface area contributed by atoms with E-state index < -0.39 is 14.6 Å². The number of carbonyl (C=O) groups is 1. The van der Waals surface area contributed by atoms with Crippen LogP contribution in [0.5, 0.6) is 0 Å². The molecule has 0 heterocycles. The van der Waals surface area contributed by atoms with Crippen molar-refractivity contribution in [1.29, 1.82) is 0 Å². The van der Waals surface area contributed by atoms with E-state index in [-0.39, 0.29) is 18.0 Å². The maximum Gasteiger partial charge on any atom is 0.155 e. The summed E-state index contributed by atoms with van der Waals surface area (Å²) in [5.41, 5.74) is 0. The molecule has 1 aliphatic rings. The van der Waals surface area contributed by atoms with E-state index in [1.807, 2.05) is 0 Å². The van der Waals surface area contributed by atoms with E-state index in [1.54, 1.807) is 20.8 Å². The fourth-order valence-corrected chi connectivity index (χ4v) is 2.49. The Balaban J connectivity index is 2.22. The fourth-order valence-electron chi connectivity index (χ4n) is 1.38. The number of sulfone groups is 1. The van der Waals surface area contributed by atoms with Crippen molar-refractivity contribution in [1.82, 2.24) is 5.32 Å². The van der Waals surface area contributed by atoms with Gasteiger partial charge in [-0.05, 0) is 46.1 Å². The van der Waals surface area contributed by atoms with Gasteiger partial charge in [-0.1, -0.05) is 0 Å². The van der Waals surface area contributed by atoms with Gasteiger partial charge in [0.05, 0.1) is 17.0 Å². The molecule has 0 aliphatic heterocycles. The second-order valence-electron chi connectivity index (χ2n) is 5.79. The van der Waals surface area contributed by atoms with E-state index in [4.69, 9.17) is 0 Å². The molecule has 1 aliphatic carbocycles. The van der Waals surface area contributed by atoms with E-state index in [1.165, 1.54) is 12.8 Å². The molecule has 0 radical (unpaired) electrons. The lowest BCUT2D eigenvalue weighted by molar-refractivity contribution is -0.117. The van der Waals surface area contributed by atoms with Crippen LogP contribution in [0, 0.1) is 5.92 Å². The average molecular weight is 261 g/mol. The summed E-state index contributed by atoms with van der Waals surface area (Å²) in [6.45, 7) is 6.18. The van der Waals surface area contributed by atoms with Gasteiger partial charge in [-0.3, -0.25) is 4.79 Å². The summed E-state index contributed by atoms with van der Waals surface area (Å²) in [7, 11) is -3.17. The molecule has 0 aromatic carbocycles. The highest BCUT2D eigenvalue weighted by molar-refractivity contribution is 7.92. The lowest BCUT2D eigenvalue weighted by atomic mass is 10.3. The lowest BCUT2D eigenvalue weighted by Gasteiger charge is -2.18. The minimum atomic E-state index is -3.17. The number of rotatable bonds is 7. The quantitative estimate of drug-likeness (QED) is 0.747. The Morgan fingerprint density at radius 2 is 1.88 bits per heavy atom. The molecular formula is C12H23NO3S. The maximum absolute atomic E-state index is 11.8. The van der Waals surface area contributed by atoms with Gasteiger partial charge in [0.2, 0.25) is 0 Å². The van der Waals surface area contributed by atoms with Crippen molar-refractivity contribution in [3.63, 3.8) is 0 Å². The SMILES string of the molecule is CC(C)(C)S(=O)(=O)CCC(=O)CNCC1CC1. The molecule has 0 spiro atoms. The van der Waals surface area contributed by atoms with Gasteiger partial charge in [-0.2, -0.15) is 0 Å². The van der Waals surface area contributed by atoms with Crippen LogP contribution >= 0.6 is 0 Å². The standard InChI is InChI=1S/C12H23NO3S/c1-12(2,3)17(15,16)7-6-11(14)9-13-8-10-4-5-10/h10,13H,4-9H2,1-3H3. The number of carbonyl (C=O) groups excluding carboxylic acids is 1. The van der Waals surface area contributed by atoms with Crippen molar-refractivity contribution >= 4 is 15.6 Å². The van der Waals surface area contributed by atoms with Crippen molar-refractivity contribution in [2.24, 2.45) is 5.92 Å². The molecule has 1 rings (SSSR count). The third kappa shape index (κ3) is 5.17. The Hall–Kier alpha value is -0.420. The highest BCUT2D eigenvalue weighted by atomic mass is 32.2. The van der Waals surface area contributed by atoms with Gasteiger partial charge in [0.15, 0.2) is 9.84 Å². The van der Waals surface area contributed by atoms with Gasteiger partial charge in [0.1, 0.15) is 5.78 Å². The minimum absolute atomic E-state index is 0.0153. The Morgan fingerprint density at radius 1 is 1.29 bits per heavy atom. The summed E-state index contributed by atoms with van der Waals surface area (Å²) in [6.07, 6.45) is 2.62. The zero-order valence-electron chi connectivity index (χ0n) is 11.0. The van der Waals surface area contributed by atoms with E-state index in [0.29, 0.717) is 6.54 Å². The first kappa shape index (κ1) is 14.6. The van der Waals surface area contributed by atoms with Crippen molar-refractivity contribution in [2.75, 3.05) is 18.8 Å². The van der Waals surface area contributed by atoms with Gasteiger partial charge in [0, 0.05) is 6.42 Å². The van der Waals surface area contributed by atoms with Crippen LogP contribution in [0.3, 0.4) is 0 Å². The normalized spacial score (nSPS) is 17.1. The van der Waals surface area contributed by atoms with Crippen LogP contribution in [0.1, 0.15) is 40.0 Å². The summed E-state index contributed by atoms with van der Waals surface area (Å²) in [5.74, 6) is 0.681. The van der Waals surface area contributed by atoms with Gasteiger partial charge in [-0.25, -0.2) is 8.42 Å². The molecule has 1 saturated carbocycles. The Morgan fingerprint density at radius 3 is 2.35 bits per heavy atom. The highest BCUT2D eigenvalue weighted by Gasteiger charge is 2.29. The Bertz CT molecular complexity index is 364. The maximum atomic E-state index is 11.8. The van der Waals surface area contributed by atoms with Crippen LogP contribution in [0.15, 0.2) is 0 Å². The molecule has 0 aromatic rings. The predicted octanol–water partition coefficient (Wildman–Crippen LogP) is 1.16.